The fraction of sp³-hybridized carbons (Fsp3) is 0.583. The zero-order chi connectivity index (χ0) is 12.0. The Morgan fingerprint density at radius 2 is 2.25 bits per heavy atom. The summed E-state index contributed by atoms with van der Waals surface area (Å²) in [6.07, 6.45) is 1.78. The van der Waals surface area contributed by atoms with E-state index in [1.165, 1.54) is 0 Å². The van der Waals surface area contributed by atoms with E-state index in [-0.39, 0.29) is 0 Å². The van der Waals surface area contributed by atoms with Gasteiger partial charge in [-0.15, -0.1) is 0 Å². The van der Waals surface area contributed by atoms with Crippen LogP contribution in [0, 0.1) is 0 Å². The minimum absolute atomic E-state index is 0.512. The smallest absolute Gasteiger partial charge is 0.147 e. The van der Waals surface area contributed by atoms with Crippen molar-refractivity contribution in [3.8, 4) is 0 Å². The van der Waals surface area contributed by atoms with Gasteiger partial charge in [-0.1, -0.05) is 25.4 Å². The highest BCUT2D eigenvalue weighted by Crippen LogP contribution is 2.21. The van der Waals surface area contributed by atoms with Gasteiger partial charge in [0.2, 0.25) is 0 Å². The Morgan fingerprint density at radius 3 is 2.81 bits per heavy atom. The van der Waals surface area contributed by atoms with E-state index in [2.05, 4.69) is 36.0 Å². The van der Waals surface area contributed by atoms with Crippen LogP contribution in [0.3, 0.4) is 0 Å². The van der Waals surface area contributed by atoms with Crippen LogP contribution in [0.4, 0.5) is 5.82 Å². The number of likely N-dealkylation sites (N-methyl/N-ethyl adjacent to an activating group) is 1. The van der Waals surface area contributed by atoms with Crippen molar-refractivity contribution < 1.29 is 0 Å². The number of rotatable bonds is 6. The summed E-state index contributed by atoms with van der Waals surface area (Å²) in [4.78, 5) is 6.49. The summed E-state index contributed by atoms with van der Waals surface area (Å²) in [5.41, 5.74) is 0. The third-order valence-electron chi connectivity index (χ3n) is 2.35. The first kappa shape index (κ1) is 13.3. The van der Waals surface area contributed by atoms with E-state index >= 15 is 0 Å². The Hall–Kier alpha value is -0.800. The van der Waals surface area contributed by atoms with E-state index < -0.39 is 0 Å². The molecule has 0 aliphatic rings. The second-order valence-corrected chi connectivity index (χ2v) is 4.40. The second kappa shape index (κ2) is 6.71. The molecule has 4 heteroatoms. The molecule has 0 fully saturated rings. The summed E-state index contributed by atoms with van der Waals surface area (Å²) in [5.74, 6) is 0.872. The van der Waals surface area contributed by atoms with Crippen molar-refractivity contribution in [2.75, 3.05) is 24.5 Å². The highest BCUT2D eigenvalue weighted by atomic mass is 35.5. The van der Waals surface area contributed by atoms with Crippen LogP contribution in [-0.2, 0) is 0 Å². The lowest BCUT2D eigenvalue weighted by atomic mass is 10.3. The topological polar surface area (TPSA) is 28.2 Å². The summed E-state index contributed by atoms with van der Waals surface area (Å²) < 4.78 is 0. The van der Waals surface area contributed by atoms with Gasteiger partial charge in [-0.2, -0.15) is 0 Å². The van der Waals surface area contributed by atoms with E-state index in [4.69, 9.17) is 11.6 Å². The van der Waals surface area contributed by atoms with Crippen LogP contribution >= 0.6 is 11.6 Å². The monoisotopic (exact) mass is 241 g/mol. The predicted octanol–water partition coefficient (Wildman–Crippen LogP) is 2.56. The zero-order valence-electron chi connectivity index (χ0n) is 10.2. The standard InChI is InChI=1S/C12H20ClN3/c1-4-16(9-8-14-10(2)3)12-11(13)6-5-7-15-12/h5-7,10,14H,4,8-9H2,1-3H3. The lowest BCUT2D eigenvalue weighted by molar-refractivity contribution is 0.582. The molecule has 0 saturated heterocycles. The quantitative estimate of drug-likeness (QED) is 0.830. The molecule has 1 aromatic rings. The van der Waals surface area contributed by atoms with Crippen molar-refractivity contribution in [1.82, 2.24) is 10.3 Å². The summed E-state index contributed by atoms with van der Waals surface area (Å²) in [7, 11) is 0. The highest BCUT2D eigenvalue weighted by Gasteiger charge is 2.08. The number of hydrogen-bond donors (Lipinski definition) is 1. The van der Waals surface area contributed by atoms with Crippen molar-refractivity contribution in [3.05, 3.63) is 23.4 Å². The minimum Gasteiger partial charge on any atom is -0.354 e. The molecule has 1 rings (SSSR count). The number of anilines is 1. The van der Waals surface area contributed by atoms with E-state index in [0.29, 0.717) is 11.1 Å². The molecule has 1 N–H and O–H groups in total. The number of nitrogens with one attached hydrogen (secondary N) is 1. The van der Waals surface area contributed by atoms with Crippen LogP contribution in [0.1, 0.15) is 20.8 Å². The van der Waals surface area contributed by atoms with Crippen molar-refractivity contribution >= 4 is 17.4 Å². The predicted molar refractivity (Wildman–Crippen MR) is 70.3 cm³/mol. The SMILES string of the molecule is CCN(CCNC(C)C)c1ncccc1Cl. The van der Waals surface area contributed by atoms with Crippen molar-refractivity contribution in [2.24, 2.45) is 0 Å². The molecule has 0 bridgehead atoms. The van der Waals surface area contributed by atoms with Gasteiger partial charge in [-0.05, 0) is 19.1 Å². The fourth-order valence-corrected chi connectivity index (χ4v) is 1.75. The van der Waals surface area contributed by atoms with Crippen LogP contribution < -0.4 is 10.2 Å². The molecule has 1 aromatic heterocycles. The summed E-state index contributed by atoms with van der Waals surface area (Å²) in [6, 6.07) is 4.24. The van der Waals surface area contributed by atoms with Gasteiger partial charge in [0.25, 0.3) is 0 Å². The second-order valence-electron chi connectivity index (χ2n) is 4.00. The normalized spacial score (nSPS) is 10.8. The van der Waals surface area contributed by atoms with Gasteiger partial charge in [0, 0.05) is 31.9 Å². The van der Waals surface area contributed by atoms with Gasteiger partial charge in [0.15, 0.2) is 0 Å². The molecular weight excluding hydrogens is 222 g/mol. The van der Waals surface area contributed by atoms with E-state index in [1.807, 2.05) is 12.1 Å². The molecule has 0 aliphatic carbocycles. The van der Waals surface area contributed by atoms with Crippen molar-refractivity contribution in [1.29, 1.82) is 0 Å². The van der Waals surface area contributed by atoms with E-state index in [9.17, 15) is 0 Å². The first-order valence-corrected chi connectivity index (χ1v) is 6.11. The molecule has 0 saturated carbocycles. The average Bonchev–Trinajstić information content (AvgIpc) is 2.25. The van der Waals surface area contributed by atoms with Gasteiger partial charge in [-0.25, -0.2) is 4.98 Å². The number of aromatic nitrogens is 1. The van der Waals surface area contributed by atoms with Gasteiger partial charge in [-0.3, -0.25) is 0 Å². The largest absolute Gasteiger partial charge is 0.354 e. The third-order valence-corrected chi connectivity index (χ3v) is 2.65. The molecule has 0 radical (unpaired) electrons. The molecule has 0 spiro atoms. The Bertz CT molecular complexity index is 315. The molecule has 1 heterocycles. The van der Waals surface area contributed by atoms with Gasteiger partial charge >= 0.3 is 0 Å². The van der Waals surface area contributed by atoms with Crippen LogP contribution in [0.15, 0.2) is 18.3 Å². The molecule has 0 aliphatic heterocycles. The van der Waals surface area contributed by atoms with Crippen molar-refractivity contribution in [2.45, 2.75) is 26.8 Å². The lowest BCUT2D eigenvalue weighted by Gasteiger charge is -2.23. The van der Waals surface area contributed by atoms with Crippen LogP contribution in [-0.4, -0.2) is 30.7 Å². The number of halogens is 1. The minimum atomic E-state index is 0.512. The Labute approximate surface area is 103 Å². The average molecular weight is 242 g/mol. The Morgan fingerprint density at radius 1 is 1.50 bits per heavy atom. The van der Waals surface area contributed by atoms with Crippen LogP contribution in [0.5, 0.6) is 0 Å². The van der Waals surface area contributed by atoms with Crippen molar-refractivity contribution in [3.63, 3.8) is 0 Å². The van der Waals surface area contributed by atoms with Gasteiger partial charge in [0.1, 0.15) is 5.82 Å². The molecule has 16 heavy (non-hydrogen) atoms. The highest BCUT2D eigenvalue weighted by molar-refractivity contribution is 6.32. The van der Waals surface area contributed by atoms with Crippen LogP contribution in [0.25, 0.3) is 0 Å². The Kier molecular flexibility index (Phi) is 5.56. The number of pyridine rings is 1. The summed E-state index contributed by atoms with van der Waals surface area (Å²) >= 11 is 6.11. The molecule has 0 amide bonds. The Balaban J connectivity index is 2.57. The molecule has 90 valence electrons. The molecule has 3 nitrogen and oxygen atoms in total. The third kappa shape index (κ3) is 3.99. The van der Waals surface area contributed by atoms with E-state index in [0.717, 1.165) is 25.5 Å². The summed E-state index contributed by atoms with van der Waals surface area (Å²) in [5, 5.41) is 4.10. The molecule has 0 aromatic carbocycles. The van der Waals surface area contributed by atoms with Crippen LogP contribution in [0.2, 0.25) is 5.02 Å². The molecule has 0 unspecified atom stereocenters. The maximum absolute atomic E-state index is 6.11. The fourth-order valence-electron chi connectivity index (χ4n) is 1.51. The number of nitrogens with zero attached hydrogens (tertiary/aromatic N) is 2. The number of hydrogen-bond acceptors (Lipinski definition) is 3. The van der Waals surface area contributed by atoms with Gasteiger partial charge < -0.3 is 10.2 Å². The first-order valence-electron chi connectivity index (χ1n) is 5.74. The molecular formula is C12H20ClN3. The van der Waals surface area contributed by atoms with E-state index in [1.54, 1.807) is 6.20 Å². The maximum atomic E-state index is 6.11. The lowest BCUT2D eigenvalue weighted by Crippen LogP contribution is -2.35. The van der Waals surface area contributed by atoms with Gasteiger partial charge in [0.05, 0.1) is 5.02 Å². The first-order chi connectivity index (χ1) is 7.65. The zero-order valence-corrected chi connectivity index (χ0v) is 11.0. The molecule has 0 atom stereocenters. The maximum Gasteiger partial charge on any atom is 0.147 e. The summed E-state index contributed by atoms with van der Waals surface area (Å²) in [6.45, 7) is 9.18.